The summed E-state index contributed by atoms with van der Waals surface area (Å²) in [6.45, 7) is 1.81. The van der Waals surface area contributed by atoms with E-state index >= 15 is 0 Å². The molecule has 0 radical (unpaired) electrons. The minimum absolute atomic E-state index is 0.0190. The number of halogens is 5. The molecule has 5 rings (SSSR count). The molecule has 1 aliphatic carbocycles. The summed E-state index contributed by atoms with van der Waals surface area (Å²) in [6, 6.07) is 0.496. The van der Waals surface area contributed by atoms with Gasteiger partial charge in [-0.25, -0.2) is 18.7 Å². The van der Waals surface area contributed by atoms with Gasteiger partial charge in [-0.1, -0.05) is 0 Å². The van der Waals surface area contributed by atoms with Crippen LogP contribution in [-0.2, 0) is 20.4 Å². The summed E-state index contributed by atoms with van der Waals surface area (Å²) < 4.78 is 78.0. The van der Waals surface area contributed by atoms with E-state index in [2.05, 4.69) is 9.97 Å². The number of likely N-dealkylation sites (tertiary alicyclic amines) is 1. The number of fused-ring (bicyclic) bond motifs is 2. The lowest BCUT2D eigenvalue weighted by Gasteiger charge is -2.40. The number of nitrogens with zero attached hydrogens (tertiary/aromatic N) is 4. The second-order valence-electron chi connectivity index (χ2n) is 11.0. The van der Waals surface area contributed by atoms with Crippen LogP contribution in [0, 0.1) is 17.3 Å². The average Bonchev–Trinajstić information content (AvgIpc) is 3.58. The van der Waals surface area contributed by atoms with Gasteiger partial charge < -0.3 is 19.3 Å². The van der Waals surface area contributed by atoms with E-state index in [9.17, 15) is 26.7 Å². The number of rotatable bonds is 7. The molecular formula is C25H33F5N4O3. The average molecular weight is 533 g/mol. The number of ether oxygens (including phenoxy) is 2. The highest BCUT2D eigenvalue weighted by Gasteiger charge is 2.54. The first-order valence-corrected chi connectivity index (χ1v) is 13.0. The van der Waals surface area contributed by atoms with Gasteiger partial charge in [0.25, 0.3) is 0 Å². The van der Waals surface area contributed by atoms with Crippen LogP contribution in [0.3, 0.4) is 0 Å². The Morgan fingerprint density at radius 2 is 2.05 bits per heavy atom. The Morgan fingerprint density at radius 1 is 1.24 bits per heavy atom. The molecule has 0 N–H and O–H groups in total. The van der Waals surface area contributed by atoms with Gasteiger partial charge in [-0.2, -0.15) is 13.2 Å². The Hall–Kier alpha value is -2.08. The molecule has 1 aromatic heterocycles. The number of aromatic nitrogens is 2. The van der Waals surface area contributed by atoms with Crippen LogP contribution in [0.4, 0.5) is 27.8 Å². The van der Waals surface area contributed by atoms with Crippen LogP contribution in [0.5, 0.6) is 0 Å². The van der Waals surface area contributed by atoms with E-state index < -0.39 is 30.1 Å². The van der Waals surface area contributed by atoms with Crippen molar-refractivity contribution in [1.29, 1.82) is 0 Å². The van der Waals surface area contributed by atoms with Crippen molar-refractivity contribution >= 4 is 11.7 Å². The number of hydrogen-bond donors (Lipinski definition) is 0. The van der Waals surface area contributed by atoms with E-state index in [0.717, 1.165) is 31.7 Å². The first-order chi connectivity index (χ1) is 17.6. The van der Waals surface area contributed by atoms with Gasteiger partial charge in [0.15, 0.2) is 0 Å². The molecule has 3 saturated heterocycles. The molecule has 206 valence electrons. The minimum atomic E-state index is -4.58. The van der Waals surface area contributed by atoms with Crippen LogP contribution < -0.4 is 4.90 Å². The first kappa shape index (κ1) is 26.5. The van der Waals surface area contributed by atoms with Gasteiger partial charge in [0.05, 0.1) is 30.2 Å². The van der Waals surface area contributed by atoms with Gasteiger partial charge in [0.2, 0.25) is 12.3 Å². The van der Waals surface area contributed by atoms with Crippen LogP contribution in [0.2, 0.25) is 0 Å². The maximum absolute atomic E-state index is 13.8. The van der Waals surface area contributed by atoms with E-state index in [1.807, 2.05) is 0 Å². The highest BCUT2D eigenvalue weighted by atomic mass is 19.4. The fraction of sp³-hybridized carbons (Fsp3) is 0.800. The molecule has 4 aliphatic rings. The molecule has 3 aliphatic heterocycles. The lowest BCUT2D eigenvalue weighted by Crippen LogP contribution is -2.53. The number of methoxy groups -OCH3 is 1. The summed E-state index contributed by atoms with van der Waals surface area (Å²) in [5.74, 6) is 0.402. The SMILES string of the molecule is CO[C@@H]1COCC[C@@H]1C[C@@H]1CC[C@](CC(F)F)(C(=O)N2C[C@H]3C[C@@H]2CN3c2cc(C(F)(F)F)ncn2)C1. The highest BCUT2D eigenvalue weighted by Crippen LogP contribution is 2.51. The maximum Gasteiger partial charge on any atom is 0.433 e. The van der Waals surface area contributed by atoms with E-state index in [1.165, 1.54) is 0 Å². The maximum atomic E-state index is 13.8. The standard InChI is InChI=1S/C25H33F5N4O3/c1-36-19-13-37-5-3-16(19)6-15-2-4-24(9-15,10-21(26)27)23(35)34-12-17-7-18(34)11-33(17)22-8-20(25(28,29)30)31-14-32-22/h8,14-19,21H,2-7,9-13H2,1H3/t15-,16+,17+,18+,19+,24-/m0/s1. The van der Waals surface area contributed by atoms with E-state index in [1.54, 1.807) is 16.9 Å². The fourth-order valence-electron chi connectivity index (χ4n) is 7.08. The van der Waals surface area contributed by atoms with Crippen molar-refractivity contribution in [1.82, 2.24) is 14.9 Å². The smallest absolute Gasteiger partial charge is 0.379 e. The summed E-state index contributed by atoms with van der Waals surface area (Å²) in [7, 11) is 1.66. The molecule has 1 aromatic rings. The Balaban J connectivity index is 1.27. The number of amides is 1. The van der Waals surface area contributed by atoms with Crippen molar-refractivity contribution in [3.05, 3.63) is 18.1 Å². The summed E-state index contributed by atoms with van der Waals surface area (Å²) in [5, 5.41) is 0. The molecule has 4 fully saturated rings. The van der Waals surface area contributed by atoms with E-state index in [4.69, 9.17) is 9.47 Å². The van der Waals surface area contributed by atoms with Crippen LogP contribution >= 0.6 is 0 Å². The number of carbonyl (C=O) groups is 1. The molecule has 0 spiro atoms. The largest absolute Gasteiger partial charge is 0.433 e. The van der Waals surface area contributed by atoms with Gasteiger partial charge in [-0.15, -0.1) is 0 Å². The third-order valence-corrected chi connectivity index (χ3v) is 8.83. The van der Waals surface area contributed by atoms with Gasteiger partial charge in [-0.3, -0.25) is 4.79 Å². The Labute approximate surface area is 212 Å². The monoisotopic (exact) mass is 532 g/mol. The van der Waals surface area contributed by atoms with Crippen molar-refractivity contribution in [2.24, 2.45) is 17.3 Å². The number of carbonyl (C=O) groups excluding carboxylic acids is 1. The van der Waals surface area contributed by atoms with Crippen molar-refractivity contribution in [2.75, 3.05) is 38.3 Å². The molecular weight excluding hydrogens is 499 g/mol. The summed E-state index contributed by atoms with van der Waals surface area (Å²) in [4.78, 5) is 24.7. The molecule has 37 heavy (non-hydrogen) atoms. The Kier molecular flexibility index (Phi) is 7.34. The van der Waals surface area contributed by atoms with Gasteiger partial charge in [0, 0.05) is 39.3 Å². The molecule has 1 saturated carbocycles. The topological polar surface area (TPSA) is 67.8 Å². The van der Waals surface area contributed by atoms with Gasteiger partial charge >= 0.3 is 6.18 Å². The van der Waals surface area contributed by atoms with Crippen LogP contribution in [-0.4, -0.2) is 78.8 Å². The van der Waals surface area contributed by atoms with Crippen molar-refractivity contribution in [3.63, 3.8) is 0 Å². The fourth-order valence-corrected chi connectivity index (χ4v) is 7.08. The minimum Gasteiger partial charge on any atom is -0.379 e. The van der Waals surface area contributed by atoms with Crippen LogP contribution in [0.25, 0.3) is 0 Å². The zero-order chi connectivity index (χ0) is 26.4. The van der Waals surface area contributed by atoms with E-state index in [0.29, 0.717) is 45.6 Å². The second-order valence-corrected chi connectivity index (χ2v) is 11.0. The molecule has 0 unspecified atom stereocenters. The number of piperazine rings is 1. The number of anilines is 1. The second kappa shape index (κ2) is 10.2. The third kappa shape index (κ3) is 5.28. The number of hydrogen-bond acceptors (Lipinski definition) is 6. The van der Waals surface area contributed by atoms with Crippen molar-refractivity contribution in [3.8, 4) is 0 Å². The zero-order valence-corrected chi connectivity index (χ0v) is 20.8. The molecule has 0 aromatic carbocycles. The lowest BCUT2D eigenvalue weighted by molar-refractivity contribution is -0.146. The van der Waals surface area contributed by atoms with Crippen LogP contribution in [0.1, 0.15) is 50.6 Å². The molecule has 1 amide bonds. The Bertz CT molecular complexity index is 982. The molecule has 6 atom stereocenters. The molecule has 2 bridgehead atoms. The summed E-state index contributed by atoms with van der Waals surface area (Å²) >= 11 is 0. The van der Waals surface area contributed by atoms with Gasteiger partial charge in [0.1, 0.15) is 17.8 Å². The predicted octanol–water partition coefficient (Wildman–Crippen LogP) is 4.17. The quantitative estimate of drug-likeness (QED) is 0.492. The third-order valence-electron chi connectivity index (χ3n) is 8.83. The van der Waals surface area contributed by atoms with Crippen molar-refractivity contribution in [2.45, 2.75) is 75.7 Å². The molecule has 4 heterocycles. The summed E-state index contributed by atoms with van der Waals surface area (Å²) in [5.41, 5.74) is -2.11. The highest BCUT2D eigenvalue weighted by molar-refractivity contribution is 5.84. The number of alkyl halides is 5. The molecule has 7 nitrogen and oxygen atoms in total. The predicted molar refractivity (Wildman–Crippen MR) is 123 cm³/mol. The van der Waals surface area contributed by atoms with Crippen LogP contribution in [0.15, 0.2) is 12.4 Å². The van der Waals surface area contributed by atoms with Gasteiger partial charge in [-0.05, 0) is 50.4 Å². The Morgan fingerprint density at radius 3 is 2.73 bits per heavy atom. The normalized spacial score (nSPS) is 34.1. The summed E-state index contributed by atoms with van der Waals surface area (Å²) in [6.07, 6.45) is -2.88. The first-order valence-electron chi connectivity index (χ1n) is 13.0. The van der Waals surface area contributed by atoms with E-state index in [-0.39, 0.29) is 41.7 Å². The van der Waals surface area contributed by atoms with Crippen molar-refractivity contribution < 1.29 is 36.2 Å². The zero-order valence-electron chi connectivity index (χ0n) is 20.8. The lowest BCUT2D eigenvalue weighted by atomic mass is 9.78. The molecule has 12 heteroatoms.